The molecule has 5 nitrogen and oxygen atoms in total. The van der Waals surface area contributed by atoms with Crippen LogP contribution in [0.25, 0.3) is 0 Å². The first-order chi connectivity index (χ1) is 7.33. The quantitative estimate of drug-likeness (QED) is 0.584. The second-order valence-electron chi connectivity index (χ2n) is 3.77. The number of amides is 2. The van der Waals surface area contributed by atoms with Crippen LogP contribution in [0.2, 0.25) is 0 Å². The molecule has 5 heteroatoms. The minimum atomic E-state index is -0.0491. The molecule has 1 rings (SSSR count). The fraction of sp³-hybridized carbons (Fsp3) is 0.900. The normalized spacial score (nSPS) is 17.4. The number of hydrogen-bond acceptors (Lipinski definition) is 3. The molecule has 1 aliphatic rings. The summed E-state index contributed by atoms with van der Waals surface area (Å²) in [5.41, 5.74) is 0. The number of carbonyl (C=O) groups excluding carboxylic acids is 1. The average Bonchev–Trinajstić information content (AvgIpc) is 2.28. The zero-order valence-electron chi connectivity index (χ0n) is 9.51. The molecule has 1 heterocycles. The van der Waals surface area contributed by atoms with Crippen molar-refractivity contribution in [2.45, 2.75) is 13.3 Å². The molecule has 0 bridgehead atoms. The van der Waals surface area contributed by atoms with Crippen molar-refractivity contribution in [1.82, 2.24) is 20.9 Å². The summed E-state index contributed by atoms with van der Waals surface area (Å²) in [6, 6.07) is -0.0491. The Balaban J connectivity index is 1.97. The van der Waals surface area contributed by atoms with E-state index in [0.29, 0.717) is 0 Å². The van der Waals surface area contributed by atoms with E-state index in [9.17, 15) is 4.79 Å². The van der Waals surface area contributed by atoms with Gasteiger partial charge in [-0.2, -0.15) is 0 Å². The summed E-state index contributed by atoms with van der Waals surface area (Å²) in [4.78, 5) is 13.5. The Kier molecular flexibility index (Phi) is 6.11. The van der Waals surface area contributed by atoms with Crippen LogP contribution in [-0.2, 0) is 0 Å². The van der Waals surface area contributed by atoms with Gasteiger partial charge in [0.15, 0.2) is 0 Å². The lowest BCUT2D eigenvalue weighted by atomic mass is 10.3. The van der Waals surface area contributed by atoms with Crippen molar-refractivity contribution in [3.63, 3.8) is 0 Å². The minimum Gasteiger partial charge on any atom is -0.338 e. The highest BCUT2D eigenvalue weighted by molar-refractivity contribution is 5.73. The van der Waals surface area contributed by atoms with Crippen LogP contribution in [0.15, 0.2) is 0 Å². The van der Waals surface area contributed by atoms with E-state index in [-0.39, 0.29) is 6.03 Å². The Morgan fingerprint density at radius 1 is 1.27 bits per heavy atom. The zero-order valence-corrected chi connectivity index (χ0v) is 9.51. The molecule has 88 valence electrons. The molecule has 15 heavy (non-hydrogen) atoms. The topological polar surface area (TPSA) is 56.4 Å². The van der Waals surface area contributed by atoms with Crippen LogP contribution in [0.1, 0.15) is 13.3 Å². The van der Waals surface area contributed by atoms with E-state index in [1.807, 2.05) is 6.92 Å². The van der Waals surface area contributed by atoms with Crippen molar-refractivity contribution in [2.75, 3.05) is 45.8 Å². The van der Waals surface area contributed by atoms with E-state index in [1.54, 1.807) is 0 Å². The van der Waals surface area contributed by atoms with E-state index in [2.05, 4.69) is 20.9 Å². The first-order valence-electron chi connectivity index (χ1n) is 5.77. The molecule has 2 amide bonds. The number of urea groups is 1. The summed E-state index contributed by atoms with van der Waals surface area (Å²) in [5.74, 6) is 0. The number of carbonyl (C=O) groups is 1. The average molecular weight is 214 g/mol. The van der Waals surface area contributed by atoms with E-state index in [0.717, 1.165) is 52.2 Å². The third kappa shape index (κ3) is 5.59. The summed E-state index contributed by atoms with van der Waals surface area (Å²) in [6.07, 6.45) is 0.977. The maximum Gasteiger partial charge on any atom is 0.314 e. The third-order valence-electron chi connectivity index (χ3n) is 2.46. The first kappa shape index (κ1) is 12.3. The lowest BCUT2D eigenvalue weighted by Gasteiger charge is -2.27. The summed E-state index contributed by atoms with van der Waals surface area (Å²) in [6.45, 7) is 8.75. The largest absolute Gasteiger partial charge is 0.338 e. The maximum atomic E-state index is 11.2. The Morgan fingerprint density at radius 2 is 1.93 bits per heavy atom. The number of hydrogen-bond donors (Lipinski definition) is 3. The van der Waals surface area contributed by atoms with Gasteiger partial charge in [-0.25, -0.2) is 4.79 Å². The molecule has 0 aromatic carbocycles. The molecule has 0 radical (unpaired) electrons. The number of nitrogens with one attached hydrogen (secondary N) is 3. The van der Waals surface area contributed by atoms with Crippen LogP contribution >= 0.6 is 0 Å². The Bertz CT molecular complexity index is 180. The highest BCUT2D eigenvalue weighted by atomic mass is 16.2. The van der Waals surface area contributed by atoms with Crippen LogP contribution in [0.5, 0.6) is 0 Å². The van der Waals surface area contributed by atoms with Crippen molar-refractivity contribution in [1.29, 1.82) is 0 Å². The van der Waals surface area contributed by atoms with Crippen molar-refractivity contribution in [3.8, 4) is 0 Å². The molecule has 0 aromatic rings. The van der Waals surface area contributed by atoms with Gasteiger partial charge < -0.3 is 16.0 Å². The highest BCUT2D eigenvalue weighted by Gasteiger charge is 2.08. The molecule has 0 aromatic heterocycles. The fourth-order valence-corrected chi connectivity index (χ4v) is 1.56. The first-order valence-corrected chi connectivity index (χ1v) is 5.77. The summed E-state index contributed by atoms with van der Waals surface area (Å²) < 4.78 is 0. The van der Waals surface area contributed by atoms with Gasteiger partial charge in [0.25, 0.3) is 0 Å². The smallest absolute Gasteiger partial charge is 0.314 e. The van der Waals surface area contributed by atoms with E-state index < -0.39 is 0 Å². The van der Waals surface area contributed by atoms with E-state index >= 15 is 0 Å². The maximum absolute atomic E-state index is 11.2. The number of nitrogens with zero attached hydrogens (tertiary/aromatic N) is 1. The molecule has 1 saturated heterocycles. The van der Waals surface area contributed by atoms with Gasteiger partial charge in [0, 0.05) is 45.8 Å². The molecular formula is C10H22N4O. The molecule has 0 saturated carbocycles. The van der Waals surface area contributed by atoms with Crippen molar-refractivity contribution in [3.05, 3.63) is 0 Å². The Morgan fingerprint density at radius 3 is 2.60 bits per heavy atom. The predicted molar refractivity (Wildman–Crippen MR) is 61.0 cm³/mol. The SMILES string of the molecule is CCCNC(=O)NCCN1CCNCC1. The van der Waals surface area contributed by atoms with Gasteiger partial charge in [0.2, 0.25) is 0 Å². The summed E-state index contributed by atoms with van der Waals surface area (Å²) >= 11 is 0. The molecular weight excluding hydrogens is 192 g/mol. The van der Waals surface area contributed by atoms with Gasteiger partial charge in [-0.1, -0.05) is 6.92 Å². The molecule has 1 fully saturated rings. The van der Waals surface area contributed by atoms with Gasteiger partial charge in [-0.3, -0.25) is 4.90 Å². The van der Waals surface area contributed by atoms with Gasteiger partial charge in [-0.05, 0) is 6.42 Å². The number of rotatable bonds is 5. The molecule has 0 unspecified atom stereocenters. The standard InChI is InChI=1S/C10H22N4O/c1-2-3-12-10(15)13-6-9-14-7-4-11-5-8-14/h11H,2-9H2,1H3,(H2,12,13,15). The Hall–Kier alpha value is -0.810. The molecule has 0 spiro atoms. The number of piperazine rings is 1. The summed E-state index contributed by atoms with van der Waals surface area (Å²) in [7, 11) is 0. The minimum absolute atomic E-state index is 0.0491. The van der Waals surface area contributed by atoms with Gasteiger partial charge >= 0.3 is 6.03 Å². The second kappa shape index (κ2) is 7.48. The van der Waals surface area contributed by atoms with Crippen LogP contribution in [0.4, 0.5) is 4.79 Å². The monoisotopic (exact) mass is 214 g/mol. The molecule has 0 atom stereocenters. The van der Waals surface area contributed by atoms with Crippen molar-refractivity contribution in [2.24, 2.45) is 0 Å². The van der Waals surface area contributed by atoms with E-state index in [1.165, 1.54) is 0 Å². The third-order valence-corrected chi connectivity index (χ3v) is 2.46. The highest BCUT2D eigenvalue weighted by Crippen LogP contribution is 1.89. The van der Waals surface area contributed by atoms with Gasteiger partial charge in [0.05, 0.1) is 0 Å². The summed E-state index contributed by atoms with van der Waals surface area (Å²) in [5, 5.41) is 8.94. The second-order valence-corrected chi connectivity index (χ2v) is 3.77. The van der Waals surface area contributed by atoms with Gasteiger partial charge in [0.1, 0.15) is 0 Å². The Labute approximate surface area is 91.6 Å². The zero-order chi connectivity index (χ0) is 10.9. The van der Waals surface area contributed by atoms with Crippen LogP contribution in [-0.4, -0.2) is 56.7 Å². The van der Waals surface area contributed by atoms with Crippen LogP contribution < -0.4 is 16.0 Å². The lowest BCUT2D eigenvalue weighted by Crippen LogP contribution is -2.47. The fourth-order valence-electron chi connectivity index (χ4n) is 1.56. The predicted octanol–water partition coefficient (Wildman–Crippen LogP) is -0.399. The molecule has 1 aliphatic heterocycles. The molecule has 3 N–H and O–H groups in total. The van der Waals surface area contributed by atoms with Crippen molar-refractivity contribution < 1.29 is 4.79 Å². The lowest BCUT2D eigenvalue weighted by molar-refractivity contribution is 0.227. The van der Waals surface area contributed by atoms with Crippen LogP contribution in [0, 0.1) is 0 Å². The van der Waals surface area contributed by atoms with Crippen molar-refractivity contribution >= 4 is 6.03 Å². The molecule has 0 aliphatic carbocycles. The van der Waals surface area contributed by atoms with E-state index in [4.69, 9.17) is 0 Å². The van der Waals surface area contributed by atoms with Crippen LogP contribution in [0.3, 0.4) is 0 Å². The van der Waals surface area contributed by atoms with Gasteiger partial charge in [-0.15, -0.1) is 0 Å².